The Kier molecular flexibility index (Phi) is 5.21. The zero-order chi connectivity index (χ0) is 17.7. The summed E-state index contributed by atoms with van der Waals surface area (Å²) in [4.78, 5) is 23.4. The van der Waals surface area contributed by atoms with Crippen molar-refractivity contribution in [2.75, 3.05) is 11.4 Å². The van der Waals surface area contributed by atoms with Crippen LogP contribution in [-0.2, 0) is 10.3 Å². The lowest BCUT2D eigenvalue weighted by molar-refractivity contribution is -0.107. The van der Waals surface area contributed by atoms with Crippen molar-refractivity contribution in [2.45, 2.75) is 31.8 Å². The molecule has 0 fully saturated rings. The number of rotatable bonds is 6. The lowest BCUT2D eigenvalue weighted by atomic mass is 10.1. The van der Waals surface area contributed by atoms with Crippen molar-refractivity contribution in [2.24, 2.45) is 16.0 Å². The van der Waals surface area contributed by atoms with Gasteiger partial charge in [-0.25, -0.2) is 4.79 Å². The molecule has 0 bridgehead atoms. The van der Waals surface area contributed by atoms with Crippen LogP contribution in [0.5, 0.6) is 0 Å². The number of nitrogens with two attached hydrogens (primary N) is 1. The largest absolute Gasteiger partial charge is 0.356 e. The van der Waals surface area contributed by atoms with Gasteiger partial charge in [0.15, 0.2) is 5.54 Å². The van der Waals surface area contributed by atoms with Gasteiger partial charge in [0.2, 0.25) is 6.41 Å². The van der Waals surface area contributed by atoms with E-state index in [0.29, 0.717) is 12.2 Å². The van der Waals surface area contributed by atoms with Crippen LogP contribution in [0, 0.1) is 22.7 Å². The Balaban J connectivity index is 3.20. The Bertz CT molecular complexity index is 707. The molecule has 0 saturated carbocycles. The van der Waals surface area contributed by atoms with Crippen LogP contribution >= 0.6 is 0 Å². The second kappa shape index (κ2) is 6.71. The van der Waals surface area contributed by atoms with Crippen LogP contribution in [0.4, 0.5) is 10.6 Å². The summed E-state index contributed by atoms with van der Waals surface area (Å²) in [7, 11) is 0. The van der Waals surface area contributed by atoms with Crippen molar-refractivity contribution in [3.8, 4) is 12.1 Å². The van der Waals surface area contributed by atoms with E-state index < -0.39 is 17.1 Å². The second-order valence-corrected chi connectivity index (χ2v) is 5.56. The summed E-state index contributed by atoms with van der Waals surface area (Å²) in [6.45, 7) is 4.64. The van der Waals surface area contributed by atoms with E-state index in [-0.39, 0.29) is 6.54 Å². The zero-order valence-corrected chi connectivity index (χ0v) is 13.1. The number of aromatic nitrogens is 1. The van der Waals surface area contributed by atoms with Gasteiger partial charge in [-0.05, 0) is 32.9 Å². The number of carbonyl (C=O) groups is 2. The third kappa shape index (κ3) is 4.14. The fraction of sp³-hybridized carbons (Fsp3) is 0.429. The molecule has 120 valence electrons. The van der Waals surface area contributed by atoms with Crippen molar-refractivity contribution < 1.29 is 9.59 Å². The summed E-state index contributed by atoms with van der Waals surface area (Å²) < 4.78 is 1.60. The van der Waals surface area contributed by atoms with Crippen LogP contribution < -0.4 is 10.6 Å². The monoisotopic (exact) mass is 315 g/mol. The van der Waals surface area contributed by atoms with Crippen LogP contribution in [0.25, 0.3) is 0 Å². The van der Waals surface area contributed by atoms with E-state index in [1.165, 1.54) is 11.8 Å². The van der Waals surface area contributed by atoms with Crippen molar-refractivity contribution in [3.63, 3.8) is 0 Å². The van der Waals surface area contributed by atoms with Gasteiger partial charge in [-0.1, -0.05) is 5.11 Å². The molecule has 9 nitrogen and oxygen atoms in total. The number of nitrogens with zero attached hydrogens (tertiary/aromatic N) is 6. The molecule has 0 spiro atoms. The molecule has 0 aliphatic carbocycles. The number of amides is 3. The first-order valence-corrected chi connectivity index (χ1v) is 6.64. The minimum Gasteiger partial charge on any atom is -0.348 e. The Morgan fingerprint density at radius 3 is 2.57 bits per heavy atom. The molecule has 0 aliphatic rings. The van der Waals surface area contributed by atoms with Gasteiger partial charge in [0.1, 0.15) is 11.4 Å². The van der Waals surface area contributed by atoms with E-state index in [2.05, 4.69) is 16.3 Å². The van der Waals surface area contributed by atoms with E-state index in [1.54, 1.807) is 36.7 Å². The molecule has 0 aromatic carbocycles. The van der Waals surface area contributed by atoms with Gasteiger partial charge >= 0.3 is 6.03 Å². The van der Waals surface area contributed by atoms with Gasteiger partial charge in [0.05, 0.1) is 18.7 Å². The van der Waals surface area contributed by atoms with Gasteiger partial charge in [-0.2, -0.15) is 15.6 Å². The highest BCUT2D eigenvalue weighted by molar-refractivity contribution is 5.74. The van der Waals surface area contributed by atoms with Gasteiger partial charge in [0, 0.05) is 6.20 Å². The van der Waals surface area contributed by atoms with E-state index in [0.717, 1.165) is 0 Å². The Morgan fingerprint density at radius 2 is 2.09 bits per heavy atom. The molecule has 0 saturated heterocycles. The maximum absolute atomic E-state index is 11.5. The Labute approximate surface area is 133 Å². The first kappa shape index (κ1) is 17.9. The summed E-state index contributed by atoms with van der Waals surface area (Å²) in [6.07, 6.45) is 2.18. The lowest BCUT2D eigenvalue weighted by Crippen LogP contribution is -2.40. The highest BCUT2D eigenvalue weighted by atomic mass is 16.2. The van der Waals surface area contributed by atoms with Gasteiger partial charge in [-0.15, -0.1) is 0 Å². The minimum absolute atomic E-state index is 0.157. The van der Waals surface area contributed by atoms with Crippen LogP contribution in [0.3, 0.4) is 0 Å². The quantitative estimate of drug-likeness (QED) is 0.627. The highest BCUT2D eigenvalue weighted by Crippen LogP contribution is 2.25. The molecular weight excluding hydrogens is 298 g/mol. The topological polar surface area (TPSA) is 141 Å². The summed E-state index contributed by atoms with van der Waals surface area (Å²) in [5, 5.41) is 25.3. The molecule has 1 atom stereocenters. The normalized spacial score (nSPS) is 13.8. The number of carbonyl (C=O) groups excluding carboxylic acids is 2. The second-order valence-electron chi connectivity index (χ2n) is 5.56. The summed E-state index contributed by atoms with van der Waals surface area (Å²) in [5.74, 6) is 0.419. The molecule has 3 amide bonds. The molecule has 1 unspecified atom stereocenters. The first-order valence-electron chi connectivity index (χ1n) is 6.64. The third-order valence-corrected chi connectivity index (χ3v) is 3.11. The number of primary amides is 1. The van der Waals surface area contributed by atoms with Crippen molar-refractivity contribution in [1.82, 2.24) is 4.57 Å². The first-order chi connectivity index (χ1) is 10.7. The predicted octanol–water partition coefficient (Wildman–Crippen LogP) is 1.52. The Morgan fingerprint density at radius 1 is 1.43 bits per heavy atom. The number of hydrogen-bond acceptors (Lipinski definition) is 5. The molecule has 23 heavy (non-hydrogen) atoms. The standard InChI is InChI=1S/C14H17N7O2/c1-13(2,7-15)21-6-4-5-11(21)20(10-22)9-14(3,8-16)19-18-12(17)23/h4-6,10H,9H2,1-3H3,(H2,17,23). The summed E-state index contributed by atoms with van der Waals surface area (Å²) in [6, 6.07) is 6.31. The van der Waals surface area contributed by atoms with Crippen molar-refractivity contribution >= 4 is 18.3 Å². The summed E-state index contributed by atoms with van der Waals surface area (Å²) in [5.41, 5.74) is 2.53. The number of hydrogen-bond donors (Lipinski definition) is 1. The third-order valence-electron chi connectivity index (χ3n) is 3.11. The minimum atomic E-state index is -1.46. The molecule has 1 rings (SSSR count). The number of anilines is 1. The average Bonchev–Trinajstić information content (AvgIpc) is 3.01. The molecule has 1 heterocycles. The molecule has 9 heteroatoms. The van der Waals surface area contributed by atoms with Crippen molar-refractivity contribution in [3.05, 3.63) is 18.3 Å². The fourth-order valence-electron chi connectivity index (χ4n) is 1.89. The van der Waals surface area contributed by atoms with Crippen LogP contribution in [0.15, 0.2) is 28.6 Å². The van der Waals surface area contributed by atoms with Crippen LogP contribution in [-0.4, -0.2) is 29.1 Å². The van der Waals surface area contributed by atoms with Gasteiger partial charge in [0.25, 0.3) is 0 Å². The predicted molar refractivity (Wildman–Crippen MR) is 81.2 cm³/mol. The van der Waals surface area contributed by atoms with Gasteiger partial charge < -0.3 is 10.3 Å². The number of urea groups is 1. The molecule has 2 N–H and O–H groups in total. The van der Waals surface area contributed by atoms with E-state index >= 15 is 0 Å². The highest BCUT2D eigenvalue weighted by Gasteiger charge is 2.30. The van der Waals surface area contributed by atoms with Gasteiger partial charge in [-0.3, -0.25) is 9.69 Å². The van der Waals surface area contributed by atoms with Crippen molar-refractivity contribution in [1.29, 1.82) is 10.5 Å². The smallest absolute Gasteiger partial charge is 0.348 e. The number of azo groups is 1. The maximum atomic E-state index is 11.5. The number of nitriles is 2. The molecule has 1 aromatic heterocycles. The molecule has 0 aliphatic heterocycles. The van der Waals surface area contributed by atoms with E-state index in [9.17, 15) is 20.1 Å². The lowest BCUT2D eigenvalue weighted by Gasteiger charge is -2.28. The van der Waals surface area contributed by atoms with E-state index in [1.807, 2.05) is 6.07 Å². The van der Waals surface area contributed by atoms with Crippen LogP contribution in [0.1, 0.15) is 20.8 Å². The Hall–Kier alpha value is -3.20. The SMILES string of the molecule is CC(C#N)(CN(C=O)c1cccn1C(C)(C)C#N)N=NC(N)=O. The zero-order valence-electron chi connectivity index (χ0n) is 13.1. The molecule has 0 radical (unpaired) electrons. The van der Waals surface area contributed by atoms with Crippen LogP contribution in [0.2, 0.25) is 0 Å². The fourth-order valence-corrected chi connectivity index (χ4v) is 1.89. The molecule has 1 aromatic rings. The van der Waals surface area contributed by atoms with E-state index in [4.69, 9.17) is 5.73 Å². The maximum Gasteiger partial charge on any atom is 0.356 e. The average molecular weight is 315 g/mol. The summed E-state index contributed by atoms with van der Waals surface area (Å²) >= 11 is 0. The molecular formula is C14H17N7O2.